The van der Waals surface area contributed by atoms with Crippen molar-refractivity contribution in [3.05, 3.63) is 24.2 Å². The number of furan rings is 1. The highest BCUT2D eigenvalue weighted by Crippen LogP contribution is 2.18. The van der Waals surface area contributed by atoms with Gasteiger partial charge in [-0.25, -0.2) is 0 Å². The van der Waals surface area contributed by atoms with Gasteiger partial charge in [0.15, 0.2) is 0 Å². The number of carbonyl (C=O) groups excluding carboxylic acids is 1. The molecule has 1 aromatic heterocycles. The number of nitrogens with zero attached hydrogens (tertiary/aromatic N) is 1. The predicted octanol–water partition coefficient (Wildman–Crippen LogP) is 2.16. The molecule has 100 valence electrons. The van der Waals surface area contributed by atoms with E-state index in [0.29, 0.717) is 12.6 Å². The lowest BCUT2D eigenvalue weighted by molar-refractivity contribution is -0.126. The molecule has 1 aliphatic carbocycles. The van der Waals surface area contributed by atoms with Crippen LogP contribution < -0.4 is 5.32 Å². The van der Waals surface area contributed by atoms with Crippen LogP contribution in [0.4, 0.5) is 0 Å². The SMILES string of the molecule is CC(C(=O)NC1CCCC1)N(C)Cc1ccco1. The van der Waals surface area contributed by atoms with Crippen molar-refractivity contribution in [1.29, 1.82) is 0 Å². The Labute approximate surface area is 108 Å². The number of carbonyl (C=O) groups is 1. The van der Waals surface area contributed by atoms with Gasteiger partial charge in [-0.2, -0.15) is 0 Å². The molecule has 0 aromatic carbocycles. The molecule has 0 saturated heterocycles. The first-order valence-corrected chi connectivity index (χ1v) is 6.70. The molecule has 2 rings (SSSR count). The minimum atomic E-state index is -0.129. The van der Waals surface area contributed by atoms with Crippen LogP contribution in [0.5, 0.6) is 0 Å². The molecule has 4 nitrogen and oxygen atoms in total. The molecule has 1 N–H and O–H groups in total. The monoisotopic (exact) mass is 250 g/mol. The summed E-state index contributed by atoms with van der Waals surface area (Å²) in [6, 6.07) is 4.05. The number of hydrogen-bond acceptors (Lipinski definition) is 3. The Morgan fingerprint density at radius 3 is 2.89 bits per heavy atom. The molecular formula is C14H22N2O2. The van der Waals surface area contributed by atoms with Gasteiger partial charge in [0, 0.05) is 6.04 Å². The molecule has 18 heavy (non-hydrogen) atoms. The fraction of sp³-hybridized carbons (Fsp3) is 0.643. The Morgan fingerprint density at radius 2 is 2.28 bits per heavy atom. The van der Waals surface area contributed by atoms with Crippen LogP contribution in [0.1, 0.15) is 38.4 Å². The zero-order chi connectivity index (χ0) is 13.0. The van der Waals surface area contributed by atoms with Crippen LogP contribution in [0.3, 0.4) is 0 Å². The van der Waals surface area contributed by atoms with Gasteiger partial charge in [0.25, 0.3) is 0 Å². The van der Waals surface area contributed by atoms with Gasteiger partial charge in [0.1, 0.15) is 5.76 Å². The minimum Gasteiger partial charge on any atom is -0.468 e. The zero-order valence-corrected chi connectivity index (χ0v) is 11.2. The lowest BCUT2D eigenvalue weighted by Gasteiger charge is -2.24. The number of hydrogen-bond donors (Lipinski definition) is 1. The van der Waals surface area contributed by atoms with Crippen LogP contribution in [-0.2, 0) is 11.3 Å². The minimum absolute atomic E-state index is 0.121. The van der Waals surface area contributed by atoms with E-state index in [9.17, 15) is 4.79 Å². The molecule has 1 heterocycles. The van der Waals surface area contributed by atoms with E-state index in [2.05, 4.69) is 5.32 Å². The van der Waals surface area contributed by atoms with Gasteiger partial charge >= 0.3 is 0 Å². The highest BCUT2D eigenvalue weighted by Gasteiger charge is 2.23. The molecule has 1 saturated carbocycles. The maximum atomic E-state index is 12.1. The predicted molar refractivity (Wildman–Crippen MR) is 70.0 cm³/mol. The highest BCUT2D eigenvalue weighted by molar-refractivity contribution is 5.81. The summed E-state index contributed by atoms with van der Waals surface area (Å²) in [4.78, 5) is 14.1. The van der Waals surface area contributed by atoms with Gasteiger partial charge < -0.3 is 9.73 Å². The van der Waals surface area contributed by atoms with Crippen LogP contribution in [0.2, 0.25) is 0 Å². The van der Waals surface area contributed by atoms with Crippen molar-refractivity contribution in [2.75, 3.05) is 7.05 Å². The molecule has 1 aliphatic rings. The number of amides is 1. The molecule has 0 spiro atoms. The van der Waals surface area contributed by atoms with E-state index in [1.54, 1.807) is 6.26 Å². The lowest BCUT2D eigenvalue weighted by Crippen LogP contribution is -2.45. The third-order valence-corrected chi connectivity index (χ3v) is 3.73. The second kappa shape index (κ2) is 6.05. The number of nitrogens with one attached hydrogen (secondary N) is 1. The van der Waals surface area contributed by atoms with Crippen molar-refractivity contribution < 1.29 is 9.21 Å². The van der Waals surface area contributed by atoms with Crippen molar-refractivity contribution in [3.8, 4) is 0 Å². The van der Waals surface area contributed by atoms with Crippen LogP contribution in [0, 0.1) is 0 Å². The highest BCUT2D eigenvalue weighted by atomic mass is 16.3. The second-order valence-electron chi connectivity index (χ2n) is 5.16. The molecule has 1 fully saturated rings. The summed E-state index contributed by atoms with van der Waals surface area (Å²) in [6.45, 7) is 2.60. The Morgan fingerprint density at radius 1 is 1.56 bits per heavy atom. The van der Waals surface area contributed by atoms with E-state index in [-0.39, 0.29) is 11.9 Å². The van der Waals surface area contributed by atoms with Crippen molar-refractivity contribution in [2.24, 2.45) is 0 Å². The van der Waals surface area contributed by atoms with Gasteiger partial charge in [0.05, 0.1) is 18.8 Å². The average molecular weight is 250 g/mol. The fourth-order valence-electron chi connectivity index (χ4n) is 2.38. The van der Waals surface area contributed by atoms with Gasteiger partial charge in [-0.15, -0.1) is 0 Å². The average Bonchev–Trinajstić information content (AvgIpc) is 3.01. The van der Waals surface area contributed by atoms with Crippen LogP contribution in [0.25, 0.3) is 0 Å². The maximum absolute atomic E-state index is 12.1. The Balaban J connectivity index is 1.81. The molecule has 1 amide bonds. The summed E-state index contributed by atoms with van der Waals surface area (Å²) in [7, 11) is 1.95. The van der Waals surface area contributed by atoms with Gasteiger partial charge in [0.2, 0.25) is 5.91 Å². The number of rotatable bonds is 5. The molecule has 0 bridgehead atoms. The van der Waals surface area contributed by atoms with Crippen molar-refractivity contribution in [2.45, 2.75) is 51.2 Å². The third-order valence-electron chi connectivity index (χ3n) is 3.73. The Bertz CT molecular complexity index is 369. The second-order valence-corrected chi connectivity index (χ2v) is 5.16. The maximum Gasteiger partial charge on any atom is 0.237 e. The van der Waals surface area contributed by atoms with Crippen LogP contribution >= 0.6 is 0 Å². The van der Waals surface area contributed by atoms with E-state index < -0.39 is 0 Å². The molecule has 1 unspecified atom stereocenters. The van der Waals surface area contributed by atoms with E-state index in [1.807, 2.05) is 31.0 Å². The van der Waals surface area contributed by atoms with Gasteiger partial charge in [-0.3, -0.25) is 9.69 Å². The van der Waals surface area contributed by atoms with Crippen molar-refractivity contribution >= 4 is 5.91 Å². The molecular weight excluding hydrogens is 228 g/mol. The van der Waals surface area contributed by atoms with E-state index in [4.69, 9.17) is 4.42 Å². The quantitative estimate of drug-likeness (QED) is 0.871. The van der Waals surface area contributed by atoms with Gasteiger partial charge in [-0.1, -0.05) is 12.8 Å². The molecule has 0 aliphatic heterocycles. The Hall–Kier alpha value is -1.29. The van der Waals surface area contributed by atoms with Gasteiger partial charge in [-0.05, 0) is 38.9 Å². The summed E-state index contributed by atoms with van der Waals surface area (Å²) in [6.07, 6.45) is 6.39. The summed E-state index contributed by atoms with van der Waals surface area (Å²) in [5, 5.41) is 3.13. The normalized spacial score (nSPS) is 18.2. The van der Waals surface area contributed by atoms with E-state index >= 15 is 0 Å². The molecule has 0 radical (unpaired) electrons. The lowest BCUT2D eigenvalue weighted by atomic mass is 10.2. The third kappa shape index (κ3) is 3.35. The summed E-state index contributed by atoms with van der Waals surface area (Å²) < 4.78 is 5.29. The summed E-state index contributed by atoms with van der Waals surface area (Å²) in [5.74, 6) is 1.01. The summed E-state index contributed by atoms with van der Waals surface area (Å²) in [5.41, 5.74) is 0. The first-order valence-electron chi connectivity index (χ1n) is 6.70. The van der Waals surface area contributed by atoms with Crippen molar-refractivity contribution in [3.63, 3.8) is 0 Å². The van der Waals surface area contributed by atoms with Crippen LogP contribution in [0.15, 0.2) is 22.8 Å². The van der Waals surface area contributed by atoms with E-state index in [1.165, 1.54) is 12.8 Å². The van der Waals surface area contributed by atoms with Crippen LogP contribution in [-0.4, -0.2) is 29.9 Å². The fourth-order valence-corrected chi connectivity index (χ4v) is 2.38. The standard InChI is InChI=1S/C14H22N2O2/c1-11(14(17)15-12-6-3-4-7-12)16(2)10-13-8-5-9-18-13/h5,8-9,11-12H,3-4,6-7,10H2,1-2H3,(H,15,17). The Kier molecular flexibility index (Phi) is 4.42. The topological polar surface area (TPSA) is 45.5 Å². The summed E-state index contributed by atoms with van der Waals surface area (Å²) >= 11 is 0. The van der Waals surface area contributed by atoms with E-state index in [0.717, 1.165) is 18.6 Å². The first-order chi connectivity index (χ1) is 8.66. The molecule has 1 aromatic rings. The number of likely N-dealkylation sites (N-methyl/N-ethyl adjacent to an activating group) is 1. The molecule has 1 atom stereocenters. The van der Waals surface area contributed by atoms with Crippen molar-refractivity contribution in [1.82, 2.24) is 10.2 Å². The molecule has 4 heteroatoms. The zero-order valence-electron chi connectivity index (χ0n) is 11.2. The largest absolute Gasteiger partial charge is 0.468 e. The smallest absolute Gasteiger partial charge is 0.237 e. The first kappa shape index (κ1) is 13.1.